The van der Waals surface area contributed by atoms with Crippen LogP contribution in [-0.2, 0) is 0 Å². The molecule has 2 atom stereocenters. The summed E-state index contributed by atoms with van der Waals surface area (Å²) < 4.78 is 0. The minimum atomic E-state index is -0.655. The van der Waals surface area contributed by atoms with Crippen molar-refractivity contribution < 1.29 is 5.11 Å². The maximum atomic E-state index is 10.1. The van der Waals surface area contributed by atoms with Crippen molar-refractivity contribution in [1.82, 2.24) is 0 Å². The summed E-state index contributed by atoms with van der Waals surface area (Å²) in [4.78, 5) is 0. The smallest absolute Gasteiger partial charge is 0.0769 e. The van der Waals surface area contributed by atoms with Crippen LogP contribution in [0.2, 0.25) is 0 Å². The van der Waals surface area contributed by atoms with Gasteiger partial charge in [0, 0.05) is 6.54 Å². The second-order valence-electron chi connectivity index (χ2n) is 5.52. The Labute approximate surface area is 81.5 Å². The van der Waals surface area contributed by atoms with Crippen molar-refractivity contribution in [1.29, 1.82) is 0 Å². The molecule has 13 heavy (non-hydrogen) atoms. The maximum absolute atomic E-state index is 10.1. The molecule has 78 valence electrons. The van der Waals surface area contributed by atoms with Crippen LogP contribution in [0.4, 0.5) is 0 Å². The van der Waals surface area contributed by atoms with Gasteiger partial charge in [-0.1, -0.05) is 20.3 Å². The lowest BCUT2D eigenvalue weighted by Gasteiger charge is -2.41. The third-order valence-corrected chi connectivity index (χ3v) is 3.50. The minimum absolute atomic E-state index is 0.383. The molecule has 1 aliphatic rings. The first-order valence-corrected chi connectivity index (χ1v) is 5.30. The van der Waals surface area contributed by atoms with E-state index in [1.807, 2.05) is 6.92 Å². The third-order valence-electron chi connectivity index (χ3n) is 3.50. The van der Waals surface area contributed by atoms with E-state index < -0.39 is 5.60 Å². The topological polar surface area (TPSA) is 46.2 Å². The van der Waals surface area contributed by atoms with Crippen LogP contribution < -0.4 is 5.73 Å². The van der Waals surface area contributed by atoms with Gasteiger partial charge in [-0.2, -0.15) is 0 Å². The van der Waals surface area contributed by atoms with E-state index in [0.29, 0.717) is 17.9 Å². The lowest BCUT2D eigenvalue weighted by molar-refractivity contribution is -0.0305. The highest BCUT2D eigenvalue weighted by molar-refractivity contribution is 4.90. The molecular formula is C11H23NO. The molecule has 2 heteroatoms. The van der Waals surface area contributed by atoms with Gasteiger partial charge in [-0.3, -0.25) is 0 Å². The quantitative estimate of drug-likeness (QED) is 0.690. The van der Waals surface area contributed by atoms with E-state index in [-0.39, 0.29) is 0 Å². The molecule has 0 aromatic carbocycles. The van der Waals surface area contributed by atoms with E-state index in [0.717, 1.165) is 12.8 Å². The minimum Gasteiger partial charge on any atom is -0.389 e. The molecule has 1 rings (SSSR count). The summed E-state index contributed by atoms with van der Waals surface area (Å²) in [6.45, 7) is 6.82. The Hall–Kier alpha value is -0.0800. The first-order chi connectivity index (χ1) is 5.87. The normalized spacial score (nSPS) is 32.5. The zero-order valence-electron chi connectivity index (χ0n) is 9.14. The van der Waals surface area contributed by atoms with Gasteiger partial charge in [0.15, 0.2) is 0 Å². The predicted molar refractivity (Wildman–Crippen MR) is 55.4 cm³/mol. The SMILES string of the molecule is CC1(C)CCCC(C(C)(O)CN)C1. The Morgan fingerprint density at radius 2 is 2.15 bits per heavy atom. The number of nitrogens with two attached hydrogens (primary N) is 1. The fourth-order valence-electron chi connectivity index (χ4n) is 2.40. The van der Waals surface area contributed by atoms with Crippen LogP contribution in [0.25, 0.3) is 0 Å². The molecule has 0 bridgehead atoms. The summed E-state index contributed by atoms with van der Waals surface area (Å²) in [5.74, 6) is 0.390. The Balaban J connectivity index is 2.61. The third kappa shape index (κ3) is 2.68. The summed E-state index contributed by atoms with van der Waals surface area (Å²) in [7, 11) is 0. The van der Waals surface area contributed by atoms with Crippen molar-refractivity contribution >= 4 is 0 Å². The van der Waals surface area contributed by atoms with Crippen LogP contribution in [0, 0.1) is 11.3 Å². The zero-order valence-corrected chi connectivity index (χ0v) is 9.14. The fraction of sp³-hybridized carbons (Fsp3) is 1.00. The molecule has 0 radical (unpaired) electrons. The van der Waals surface area contributed by atoms with Crippen LogP contribution in [0.1, 0.15) is 46.5 Å². The predicted octanol–water partition coefficient (Wildman–Crippen LogP) is 1.91. The average molecular weight is 185 g/mol. The van der Waals surface area contributed by atoms with Gasteiger partial charge in [-0.15, -0.1) is 0 Å². The molecule has 0 aromatic heterocycles. The van der Waals surface area contributed by atoms with Gasteiger partial charge in [0.1, 0.15) is 0 Å². The van der Waals surface area contributed by atoms with Gasteiger partial charge in [-0.05, 0) is 37.5 Å². The number of rotatable bonds is 2. The summed E-state index contributed by atoms with van der Waals surface area (Å²) in [5.41, 5.74) is 5.31. The summed E-state index contributed by atoms with van der Waals surface area (Å²) >= 11 is 0. The highest BCUT2D eigenvalue weighted by Gasteiger charge is 2.37. The molecule has 1 saturated carbocycles. The summed E-state index contributed by atoms with van der Waals surface area (Å²) in [6.07, 6.45) is 4.75. The van der Waals surface area contributed by atoms with E-state index >= 15 is 0 Å². The van der Waals surface area contributed by atoms with Crippen LogP contribution in [0.5, 0.6) is 0 Å². The van der Waals surface area contributed by atoms with Crippen molar-refractivity contribution in [2.24, 2.45) is 17.1 Å². The van der Waals surface area contributed by atoms with Crippen molar-refractivity contribution in [2.45, 2.75) is 52.1 Å². The molecule has 0 saturated heterocycles. The van der Waals surface area contributed by atoms with Crippen LogP contribution in [0.3, 0.4) is 0 Å². The Kier molecular flexibility index (Phi) is 3.03. The molecule has 3 N–H and O–H groups in total. The van der Waals surface area contributed by atoms with E-state index in [1.165, 1.54) is 12.8 Å². The Bertz CT molecular complexity index is 175. The van der Waals surface area contributed by atoms with Gasteiger partial charge in [-0.25, -0.2) is 0 Å². The second kappa shape index (κ2) is 3.58. The highest BCUT2D eigenvalue weighted by atomic mass is 16.3. The van der Waals surface area contributed by atoms with Gasteiger partial charge in [0.25, 0.3) is 0 Å². The number of hydrogen-bond acceptors (Lipinski definition) is 2. The second-order valence-corrected chi connectivity index (χ2v) is 5.52. The average Bonchev–Trinajstić information content (AvgIpc) is 2.03. The maximum Gasteiger partial charge on any atom is 0.0769 e. The van der Waals surface area contributed by atoms with Crippen LogP contribution in [0.15, 0.2) is 0 Å². The number of aliphatic hydroxyl groups is 1. The van der Waals surface area contributed by atoms with Crippen molar-refractivity contribution in [3.05, 3.63) is 0 Å². The fourth-order valence-corrected chi connectivity index (χ4v) is 2.40. The van der Waals surface area contributed by atoms with Crippen LogP contribution >= 0.6 is 0 Å². The molecule has 2 nitrogen and oxygen atoms in total. The molecule has 0 aromatic rings. The summed E-state index contributed by atoms with van der Waals surface area (Å²) in [6, 6.07) is 0. The van der Waals surface area contributed by atoms with Crippen LogP contribution in [-0.4, -0.2) is 17.3 Å². The Morgan fingerprint density at radius 3 is 2.62 bits per heavy atom. The highest BCUT2D eigenvalue weighted by Crippen LogP contribution is 2.42. The molecule has 1 fully saturated rings. The lowest BCUT2D eigenvalue weighted by Crippen LogP contribution is -2.45. The monoisotopic (exact) mass is 185 g/mol. The van der Waals surface area contributed by atoms with Gasteiger partial charge in [0.2, 0.25) is 0 Å². The van der Waals surface area contributed by atoms with Gasteiger partial charge >= 0.3 is 0 Å². The van der Waals surface area contributed by atoms with Gasteiger partial charge in [0.05, 0.1) is 5.60 Å². The van der Waals surface area contributed by atoms with Crippen molar-refractivity contribution in [2.75, 3.05) is 6.54 Å². The molecular weight excluding hydrogens is 162 g/mol. The molecule has 0 spiro atoms. The molecule has 0 amide bonds. The molecule has 0 aliphatic heterocycles. The van der Waals surface area contributed by atoms with Gasteiger partial charge < -0.3 is 10.8 Å². The van der Waals surface area contributed by atoms with E-state index in [2.05, 4.69) is 13.8 Å². The zero-order chi connectivity index (χ0) is 10.1. The largest absolute Gasteiger partial charge is 0.389 e. The molecule has 2 unspecified atom stereocenters. The molecule has 1 aliphatic carbocycles. The lowest BCUT2D eigenvalue weighted by atomic mass is 9.67. The first-order valence-electron chi connectivity index (χ1n) is 5.30. The van der Waals surface area contributed by atoms with Crippen molar-refractivity contribution in [3.8, 4) is 0 Å². The van der Waals surface area contributed by atoms with E-state index in [1.54, 1.807) is 0 Å². The van der Waals surface area contributed by atoms with E-state index in [9.17, 15) is 5.11 Å². The van der Waals surface area contributed by atoms with E-state index in [4.69, 9.17) is 5.73 Å². The van der Waals surface area contributed by atoms with Crippen molar-refractivity contribution in [3.63, 3.8) is 0 Å². The number of hydrogen-bond donors (Lipinski definition) is 2. The summed E-state index contributed by atoms with van der Waals surface area (Å²) in [5, 5.41) is 10.1. The standard InChI is InChI=1S/C11H23NO/c1-10(2)6-4-5-9(7-10)11(3,13)8-12/h9,13H,4-8,12H2,1-3H3. The molecule has 0 heterocycles. The first kappa shape index (κ1) is 11.0. The Morgan fingerprint density at radius 1 is 1.54 bits per heavy atom.